The molecule has 1 aliphatic heterocycles. The van der Waals surface area contributed by atoms with E-state index in [1.165, 1.54) is 18.3 Å². The maximum Gasteiger partial charge on any atom is 0.416 e. The van der Waals surface area contributed by atoms with Gasteiger partial charge >= 0.3 is 6.18 Å². The van der Waals surface area contributed by atoms with E-state index in [9.17, 15) is 23.1 Å². The lowest BCUT2D eigenvalue weighted by molar-refractivity contribution is -0.137. The Morgan fingerprint density at radius 3 is 2.19 bits per heavy atom. The van der Waals surface area contributed by atoms with Gasteiger partial charge in [-0.05, 0) is 37.1 Å². The van der Waals surface area contributed by atoms with E-state index >= 15 is 0 Å². The van der Waals surface area contributed by atoms with Gasteiger partial charge in [-0.3, -0.25) is 4.79 Å². The van der Waals surface area contributed by atoms with Crippen molar-refractivity contribution in [3.8, 4) is 22.5 Å². The van der Waals surface area contributed by atoms with Gasteiger partial charge in [0.25, 0.3) is 5.91 Å². The summed E-state index contributed by atoms with van der Waals surface area (Å²) in [5.74, 6) is 0.00452. The summed E-state index contributed by atoms with van der Waals surface area (Å²) >= 11 is 0. The maximum absolute atomic E-state index is 12.8. The summed E-state index contributed by atoms with van der Waals surface area (Å²) in [5.41, 5.74) is 7.56. The van der Waals surface area contributed by atoms with Crippen LogP contribution in [0, 0.1) is 0 Å². The molecular weight excluding hydrogens is 421 g/mol. The van der Waals surface area contributed by atoms with Gasteiger partial charge in [-0.1, -0.05) is 24.3 Å². The Labute approximate surface area is 182 Å². The molecule has 1 fully saturated rings. The van der Waals surface area contributed by atoms with Crippen molar-refractivity contribution in [2.45, 2.75) is 25.1 Å². The van der Waals surface area contributed by atoms with Crippen LogP contribution in [0.3, 0.4) is 0 Å². The fourth-order valence-electron chi connectivity index (χ4n) is 3.60. The van der Waals surface area contributed by atoms with Crippen LogP contribution >= 0.6 is 0 Å². The number of nitrogen functional groups attached to an aromatic ring is 1. The first-order valence-electron chi connectivity index (χ1n) is 10.1. The molecule has 0 atom stereocenters. The van der Waals surface area contributed by atoms with Crippen LogP contribution in [0.2, 0.25) is 0 Å². The Morgan fingerprint density at radius 1 is 1.00 bits per heavy atom. The predicted molar refractivity (Wildman–Crippen MR) is 113 cm³/mol. The second-order valence-corrected chi connectivity index (χ2v) is 7.66. The molecule has 0 radical (unpaired) electrons. The van der Waals surface area contributed by atoms with Crippen LogP contribution in [0.15, 0.2) is 54.7 Å². The molecule has 1 saturated heterocycles. The molecule has 0 spiro atoms. The number of aromatic nitrogens is 2. The minimum absolute atomic E-state index is 0.0997. The number of carbonyl (C=O) groups is 1. The molecule has 1 aromatic heterocycles. The number of piperidine rings is 1. The van der Waals surface area contributed by atoms with Crippen LogP contribution in [0.5, 0.6) is 0 Å². The van der Waals surface area contributed by atoms with E-state index in [4.69, 9.17) is 5.73 Å². The number of amides is 1. The molecule has 0 bridgehead atoms. The van der Waals surface area contributed by atoms with Crippen LogP contribution < -0.4 is 5.73 Å². The van der Waals surface area contributed by atoms with Crippen LogP contribution in [-0.2, 0) is 6.18 Å². The number of likely N-dealkylation sites (tertiary alicyclic amines) is 1. The average Bonchev–Trinajstić information content (AvgIpc) is 2.79. The highest BCUT2D eigenvalue weighted by atomic mass is 19.4. The van der Waals surface area contributed by atoms with Gasteiger partial charge in [0, 0.05) is 29.8 Å². The first kappa shape index (κ1) is 21.8. The van der Waals surface area contributed by atoms with Crippen molar-refractivity contribution in [3.05, 3.63) is 65.9 Å². The summed E-state index contributed by atoms with van der Waals surface area (Å²) in [6.07, 6.45) is -2.17. The lowest BCUT2D eigenvalue weighted by Crippen LogP contribution is -2.40. The molecule has 1 amide bonds. The molecule has 0 unspecified atom stereocenters. The lowest BCUT2D eigenvalue weighted by Gasteiger charge is -2.29. The van der Waals surface area contributed by atoms with Crippen LogP contribution in [-0.4, -0.2) is 45.1 Å². The second-order valence-electron chi connectivity index (χ2n) is 7.66. The standard InChI is InChI=1S/C23H21F3N4O2/c24-23(25,26)17-7-5-15(6-8-17)20-21(27)28-13-19(29-20)14-1-3-16(4-2-14)22(32)30-11-9-18(31)10-12-30/h1-8,13,18,31H,9-12H2,(H2,27,28). The molecule has 0 saturated carbocycles. The van der Waals surface area contributed by atoms with Gasteiger partial charge in [0.1, 0.15) is 11.5 Å². The monoisotopic (exact) mass is 442 g/mol. The van der Waals surface area contributed by atoms with E-state index in [2.05, 4.69) is 9.97 Å². The Morgan fingerprint density at radius 2 is 1.59 bits per heavy atom. The molecule has 32 heavy (non-hydrogen) atoms. The van der Waals surface area contributed by atoms with Crippen LogP contribution in [0.4, 0.5) is 19.0 Å². The Kier molecular flexibility index (Phi) is 5.84. The third kappa shape index (κ3) is 4.57. The van der Waals surface area contributed by atoms with E-state index in [1.54, 1.807) is 29.2 Å². The average molecular weight is 442 g/mol. The number of alkyl halides is 3. The Hall–Kier alpha value is -3.46. The third-order valence-corrected chi connectivity index (χ3v) is 5.47. The highest BCUT2D eigenvalue weighted by Crippen LogP contribution is 2.32. The van der Waals surface area contributed by atoms with Gasteiger partial charge in [0.15, 0.2) is 0 Å². The van der Waals surface area contributed by atoms with Gasteiger partial charge in [-0.25, -0.2) is 9.97 Å². The Bertz CT molecular complexity index is 1110. The quantitative estimate of drug-likeness (QED) is 0.640. The number of nitrogens with two attached hydrogens (primary N) is 1. The number of carbonyl (C=O) groups excluding carboxylic acids is 1. The predicted octanol–water partition coefficient (Wildman–Crippen LogP) is 4.01. The summed E-state index contributed by atoms with van der Waals surface area (Å²) in [6.45, 7) is 1.03. The minimum Gasteiger partial charge on any atom is -0.393 e. The van der Waals surface area contributed by atoms with E-state index in [0.29, 0.717) is 48.3 Å². The molecule has 3 N–H and O–H groups in total. The minimum atomic E-state index is -4.43. The fourth-order valence-corrected chi connectivity index (χ4v) is 3.60. The van der Waals surface area contributed by atoms with Gasteiger partial charge in [0.05, 0.1) is 23.6 Å². The molecule has 2 heterocycles. The van der Waals surface area contributed by atoms with Crippen molar-refractivity contribution in [3.63, 3.8) is 0 Å². The topological polar surface area (TPSA) is 92.3 Å². The number of hydrogen-bond acceptors (Lipinski definition) is 5. The number of benzene rings is 2. The first-order chi connectivity index (χ1) is 15.2. The van der Waals surface area contributed by atoms with Gasteiger partial charge < -0.3 is 15.7 Å². The summed E-state index contributed by atoms with van der Waals surface area (Å²) in [5, 5.41) is 9.61. The smallest absolute Gasteiger partial charge is 0.393 e. The van der Waals surface area contributed by atoms with Crippen LogP contribution in [0.1, 0.15) is 28.8 Å². The molecule has 2 aromatic carbocycles. The third-order valence-electron chi connectivity index (χ3n) is 5.47. The molecule has 6 nitrogen and oxygen atoms in total. The summed E-state index contributed by atoms with van der Waals surface area (Å²) in [6, 6.07) is 11.4. The maximum atomic E-state index is 12.8. The van der Waals surface area contributed by atoms with E-state index in [1.807, 2.05) is 0 Å². The van der Waals surface area contributed by atoms with Crippen molar-refractivity contribution in [2.24, 2.45) is 0 Å². The number of hydrogen-bond donors (Lipinski definition) is 2. The van der Waals surface area contributed by atoms with Crippen molar-refractivity contribution in [1.82, 2.24) is 14.9 Å². The van der Waals surface area contributed by atoms with Crippen molar-refractivity contribution < 1.29 is 23.1 Å². The summed E-state index contributed by atoms with van der Waals surface area (Å²) < 4.78 is 38.5. The SMILES string of the molecule is Nc1ncc(-c2ccc(C(=O)N3CCC(O)CC3)cc2)nc1-c1ccc(C(F)(F)F)cc1. The molecule has 4 rings (SSSR count). The molecule has 0 aliphatic carbocycles. The molecule has 3 aromatic rings. The highest BCUT2D eigenvalue weighted by molar-refractivity contribution is 5.94. The zero-order valence-electron chi connectivity index (χ0n) is 17.0. The van der Waals surface area contributed by atoms with Crippen LogP contribution in [0.25, 0.3) is 22.5 Å². The number of anilines is 1. The molecule has 1 aliphatic rings. The normalized spacial score (nSPS) is 15.1. The van der Waals surface area contributed by atoms with Crippen molar-refractivity contribution in [1.29, 1.82) is 0 Å². The summed E-state index contributed by atoms with van der Waals surface area (Å²) in [7, 11) is 0. The van der Waals surface area contributed by atoms with Gasteiger partial charge in [-0.2, -0.15) is 13.2 Å². The van der Waals surface area contributed by atoms with E-state index in [0.717, 1.165) is 12.1 Å². The largest absolute Gasteiger partial charge is 0.416 e. The lowest BCUT2D eigenvalue weighted by atomic mass is 10.0. The number of rotatable bonds is 3. The van der Waals surface area contributed by atoms with Crippen molar-refractivity contribution >= 4 is 11.7 Å². The van der Waals surface area contributed by atoms with E-state index in [-0.39, 0.29) is 23.5 Å². The second kappa shape index (κ2) is 8.58. The first-order valence-corrected chi connectivity index (χ1v) is 10.1. The fraction of sp³-hybridized carbons (Fsp3) is 0.261. The highest BCUT2D eigenvalue weighted by Gasteiger charge is 2.30. The molecular formula is C23H21F3N4O2. The van der Waals surface area contributed by atoms with E-state index < -0.39 is 11.7 Å². The van der Waals surface area contributed by atoms with Crippen molar-refractivity contribution in [2.75, 3.05) is 18.8 Å². The van der Waals surface area contributed by atoms with Gasteiger partial charge in [0.2, 0.25) is 0 Å². The number of aliphatic hydroxyl groups is 1. The summed E-state index contributed by atoms with van der Waals surface area (Å²) in [4.78, 5) is 23.0. The number of halogens is 3. The molecule has 166 valence electrons. The number of aliphatic hydroxyl groups excluding tert-OH is 1. The number of nitrogens with zero attached hydrogens (tertiary/aromatic N) is 3. The Balaban J connectivity index is 1.56. The molecule has 9 heteroatoms. The zero-order chi connectivity index (χ0) is 22.9. The van der Waals surface area contributed by atoms with Gasteiger partial charge in [-0.15, -0.1) is 0 Å². The zero-order valence-corrected chi connectivity index (χ0v) is 17.0.